The van der Waals surface area contributed by atoms with Gasteiger partial charge in [0.1, 0.15) is 15.9 Å². The van der Waals surface area contributed by atoms with Crippen LogP contribution in [0.3, 0.4) is 0 Å². The summed E-state index contributed by atoms with van der Waals surface area (Å²) in [6, 6.07) is 0.202. The second-order valence-electron chi connectivity index (χ2n) is 4.78. The van der Waals surface area contributed by atoms with Gasteiger partial charge in [0.05, 0.1) is 12.4 Å². The number of rotatable bonds is 10. The minimum atomic E-state index is -2.89. The summed E-state index contributed by atoms with van der Waals surface area (Å²) in [5.74, 6) is 1.34. The first-order chi connectivity index (χ1) is 8.92. The van der Waals surface area contributed by atoms with E-state index in [1.54, 1.807) is 18.7 Å². The van der Waals surface area contributed by atoms with Crippen molar-refractivity contribution in [1.82, 2.24) is 5.32 Å². The minimum Gasteiger partial charge on any atom is -0.465 e. The van der Waals surface area contributed by atoms with Gasteiger partial charge in [-0.1, -0.05) is 0 Å². The van der Waals surface area contributed by atoms with E-state index in [0.29, 0.717) is 24.8 Å². The first kappa shape index (κ1) is 16.8. The Kier molecular flexibility index (Phi) is 7.17. The van der Waals surface area contributed by atoms with Gasteiger partial charge in [0, 0.05) is 18.1 Å². The van der Waals surface area contributed by atoms with Gasteiger partial charge in [-0.3, -0.25) is 4.79 Å². The van der Waals surface area contributed by atoms with E-state index in [1.165, 1.54) is 6.26 Å². The van der Waals surface area contributed by atoms with Crippen LogP contribution in [-0.2, 0) is 19.4 Å². The lowest BCUT2D eigenvalue weighted by atomic mass is 10.2. The summed E-state index contributed by atoms with van der Waals surface area (Å²) in [6.45, 7) is 2.19. The van der Waals surface area contributed by atoms with E-state index in [4.69, 9.17) is 4.74 Å². The Labute approximate surface area is 119 Å². The van der Waals surface area contributed by atoms with Crippen molar-refractivity contribution in [1.29, 1.82) is 0 Å². The molecule has 0 saturated heterocycles. The lowest BCUT2D eigenvalue weighted by Gasteiger charge is -2.16. The molecule has 19 heavy (non-hydrogen) atoms. The molecule has 0 heterocycles. The van der Waals surface area contributed by atoms with E-state index in [-0.39, 0.29) is 17.8 Å². The number of sulfone groups is 1. The standard InChI is InChI=1S/C12H23NO4S2/c1-3-17-12(14)11(13-10-4-5-10)6-7-18-8-9-19(2,15)16/h10-11,13H,3-9H2,1-2H3. The molecule has 1 aliphatic rings. The molecule has 0 spiro atoms. The van der Waals surface area contributed by atoms with Crippen LogP contribution >= 0.6 is 11.8 Å². The van der Waals surface area contributed by atoms with Crippen LogP contribution in [0, 0.1) is 0 Å². The third kappa shape index (κ3) is 8.49. The number of hydrogen-bond donors (Lipinski definition) is 1. The van der Waals surface area contributed by atoms with Crippen LogP contribution in [-0.4, -0.2) is 56.6 Å². The second kappa shape index (κ2) is 8.11. The number of nitrogens with one attached hydrogen (secondary N) is 1. The van der Waals surface area contributed by atoms with Gasteiger partial charge < -0.3 is 10.1 Å². The first-order valence-electron chi connectivity index (χ1n) is 6.60. The molecule has 0 aromatic heterocycles. The average Bonchev–Trinajstić information content (AvgIpc) is 3.09. The zero-order valence-electron chi connectivity index (χ0n) is 11.6. The average molecular weight is 309 g/mol. The van der Waals surface area contributed by atoms with Crippen LogP contribution < -0.4 is 5.32 Å². The van der Waals surface area contributed by atoms with Gasteiger partial charge in [-0.15, -0.1) is 0 Å². The van der Waals surface area contributed by atoms with Gasteiger partial charge in [-0.05, 0) is 31.9 Å². The largest absolute Gasteiger partial charge is 0.465 e. The van der Waals surface area contributed by atoms with E-state index in [9.17, 15) is 13.2 Å². The fourth-order valence-electron chi connectivity index (χ4n) is 1.56. The first-order valence-corrected chi connectivity index (χ1v) is 9.82. The van der Waals surface area contributed by atoms with Crippen molar-refractivity contribution >= 4 is 27.6 Å². The van der Waals surface area contributed by atoms with Crippen molar-refractivity contribution in [2.24, 2.45) is 0 Å². The van der Waals surface area contributed by atoms with Crippen LogP contribution in [0.25, 0.3) is 0 Å². The third-order valence-electron chi connectivity index (χ3n) is 2.73. The predicted octanol–water partition coefficient (Wildman–Crippen LogP) is 0.838. The van der Waals surface area contributed by atoms with E-state index >= 15 is 0 Å². The maximum Gasteiger partial charge on any atom is 0.323 e. The van der Waals surface area contributed by atoms with Crippen LogP contribution in [0.2, 0.25) is 0 Å². The maximum atomic E-state index is 11.7. The Morgan fingerprint density at radius 2 is 2.11 bits per heavy atom. The summed E-state index contributed by atoms with van der Waals surface area (Å²) in [7, 11) is -2.89. The summed E-state index contributed by atoms with van der Waals surface area (Å²) >= 11 is 1.56. The Morgan fingerprint density at radius 1 is 1.42 bits per heavy atom. The van der Waals surface area contributed by atoms with Crippen molar-refractivity contribution in [2.75, 3.05) is 30.1 Å². The monoisotopic (exact) mass is 309 g/mol. The lowest BCUT2D eigenvalue weighted by molar-refractivity contribution is -0.145. The van der Waals surface area contributed by atoms with E-state index in [0.717, 1.165) is 18.6 Å². The molecule has 0 bridgehead atoms. The Hall–Kier alpha value is -0.270. The lowest BCUT2D eigenvalue weighted by Crippen LogP contribution is -2.39. The van der Waals surface area contributed by atoms with Crippen LogP contribution in [0.1, 0.15) is 26.2 Å². The zero-order valence-corrected chi connectivity index (χ0v) is 13.2. The fraction of sp³-hybridized carbons (Fsp3) is 0.917. The number of thioether (sulfide) groups is 1. The SMILES string of the molecule is CCOC(=O)C(CCSCCS(C)(=O)=O)NC1CC1. The molecule has 1 N–H and O–H groups in total. The highest BCUT2D eigenvalue weighted by molar-refractivity contribution is 8.00. The van der Waals surface area contributed by atoms with Crippen molar-refractivity contribution in [3.63, 3.8) is 0 Å². The molecule has 1 rings (SSSR count). The van der Waals surface area contributed by atoms with Gasteiger partial charge in [-0.2, -0.15) is 11.8 Å². The maximum absolute atomic E-state index is 11.7. The smallest absolute Gasteiger partial charge is 0.323 e. The molecule has 0 radical (unpaired) electrons. The number of carbonyl (C=O) groups is 1. The topological polar surface area (TPSA) is 72.5 Å². The van der Waals surface area contributed by atoms with Crippen molar-refractivity contribution in [3.05, 3.63) is 0 Å². The number of carbonyl (C=O) groups excluding carboxylic acids is 1. The van der Waals surface area contributed by atoms with Gasteiger partial charge in [0.2, 0.25) is 0 Å². The molecule has 1 fully saturated rings. The van der Waals surface area contributed by atoms with Crippen LogP contribution in [0.15, 0.2) is 0 Å². The summed E-state index contributed by atoms with van der Waals surface area (Å²) in [4.78, 5) is 11.7. The molecule has 1 atom stereocenters. The van der Waals surface area contributed by atoms with Crippen LogP contribution in [0.4, 0.5) is 0 Å². The molecular formula is C12H23NO4S2. The molecular weight excluding hydrogens is 286 g/mol. The van der Waals surface area contributed by atoms with E-state index in [1.807, 2.05) is 0 Å². The molecule has 1 saturated carbocycles. The van der Waals surface area contributed by atoms with Gasteiger partial charge in [-0.25, -0.2) is 8.42 Å². The Bertz CT molecular complexity index is 379. The highest BCUT2D eigenvalue weighted by atomic mass is 32.2. The quantitative estimate of drug-likeness (QED) is 0.476. The summed E-state index contributed by atoms with van der Waals surface area (Å²) in [5, 5.41) is 3.28. The molecule has 112 valence electrons. The zero-order chi connectivity index (χ0) is 14.3. The fourth-order valence-corrected chi connectivity index (χ4v) is 3.85. The summed E-state index contributed by atoms with van der Waals surface area (Å²) < 4.78 is 27.0. The molecule has 0 amide bonds. The molecule has 7 heteroatoms. The van der Waals surface area contributed by atoms with Crippen molar-refractivity contribution < 1.29 is 17.9 Å². The normalized spacial score (nSPS) is 17.2. The van der Waals surface area contributed by atoms with Crippen molar-refractivity contribution in [3.8, 4) is 0 Å². The van der Waals surface area contributed by atoms with E-state index in [2.05, 4.69) is 5.32 Å². The van der Waals surface area contributed by atoms with Gasteiger partial charge in [0.25, 0.3) is 0 Å². The van der Waals surface area contributed by atoms with Crippen molar-refractivity contribution in [2.45, 2.75) is 38.3 Å². The molecule has 5 nitrogen and oxygen atoms in total. The predicted molar refractivity (Wildman–Crippen MR) is 78.2 cm³/mol. The molecule has 1 aliphatic carbocycles. The minimum absolute atomic E-state index is 0.192. The molecule has 0 aliphatic heterocycles. The number of hydrogen-bond acceptors (Lipinski definition) is 6. The molecule has 0 aromatic rings. The van der Waals surface area contributed by atoms with Gasteiger partial charge in [0.15, 0.2) is 0 Å². The van der Waals surface area contributed by atoms with E-state index < -0.39 is 9.84 Å². The second-order valence-corrected chi connectivity index (χ2v) is 8.26. The summed E-state index contributed by atoms with van der Waals surface area (Å²) in [6.07, 6.45) is 4.17. The van der Waals surface area contributed by atoms with Crippen LogP contribution in [0.5, 0.6) is 0 Å². The number of esters is 1. The van der Waals surface area contributed by atoms with Gasteiger partial charge >= 0.3 is 5.97 Å². The number of ether oxygens (including phenoxy) is 1. The Balaban J connectivity index is 2.22. The highest BCUT2D eigenvalue weighted by Crippen LogP contribution is 2.20. The Morgan fingerprint density at radius 3 is 2.63 bits per heavy atom. The third-order valence-corrected chi connectivity index (χ3v) is 4.96. The molecule has 1 unspecified atom stereocenters. The molecule has 0 aromatic carbocycles. The summed E-state index contributed by atoms with van der Waals surface area (Å²) in [5.41, 5.74) is 0. The highest BCUT2D eigenvalue weighted by Gasteiger charge is 2.28.